The van der Waals surface area contributed by atoms with E-state index >= 15 is 0 Å². The first kappa shape index (κ1) is 26.3. The Morgan fingerprint density at radius 3 is 2.72 bits per heavy atom. The largest absolute Gasteiger partial charge is 0.394 e. The topological polar surface area (TPSA) is 74.6 Å². The summed E-state index contributed by atoms with van der Waals surface area (Å²) in [5.74, 6) is -1.30. The number of aryl methyl sites for hydroxylation is 1. The van der Waals surface area contributed by atoms with Gasteiger partial charge in [-0.15, -0.1) is 0 Å². The maximum atomic E-state index is 13.8. The molecule has 1 aliphatic rings. The van der Waals surface area contributed by atoms with Crippen LogP contribution in [0.1, 0.15) is 36.8 Å². The summed E-state index contributed by atoms with van der Waals surface area (Å²) in [6, 6.07) is 9.71. The second-order valence-electron chi connectivity index (χ2n) is 9.20. The minimum Gasteiger partial charge on any atom is -0.394 e. The molecule has 0 radical (unpaired) electrons. The molecule has 4 atom stereocenters. The van der Waals surface area contributed by atoms with E-state index in [4.69, 9.17) is 4.74 Å². The van der Waals surface area contributed by atoms with E-state index in [2.05, 4.69) is 10.3 Å². The molecule has 0 bridgehead atoms. The van der Waals surface area contributed by atoms with E-state index in [1.807, 2.05) is 6.07 Å². The minimum atomic E-state index is -0.901. The van der Waals surface area contributed by atoms with Crippen LogP contribution >= 0.6 is 0 Å². The van der Waals surface area contributed by atoms with Gasteiger partial charge in [0.05, 0.1) is 30.4 Å². The maximum absolute atomic E-state index is 13.8. The third-order valence-corrected chi connectivity index (χ3v) is 6.61. The number of rotatable bonds is 10. The van der Waals surface area contributed by atoms with E-state index in [-0.39, 0.29) is 42.7 Å². The van der Waals surface area contributed by atoms with Crippen molar-refractivity contribution in [2.24, 2.45) is 0 Å². The van der Waals surface area contributed by atoms with Crippen molar-refractivity contribution in [1.29, 1.82) is 0 Å². The van der Waals surface area contributed by atoms with Gasteiger partial charge in [0.2, 0.25) is 0 Å². The SMILES string of the molecule is OC[C@@H](O)C[C@H]1O[C@H](CCc2ccnc3ccc(F)cc23)CC[C@H]1NC/C=C/c1cc(F)ccc1F. The highest BCUT2D eigenvalue weighted by molar-refractivity contribution is 5.81. The van der Waals surface area contributed by atoms with E-state index < -0.39 is 17.7 Å². The summed E-state index contributed by atoms with van der Waals surface area (Å²) in [4.78, 5) is 4.30. The molecule has 0 saturated carbocycles. The first-order chi connectivity index (χ1) is 17.4. The molecule has 1 saturated heterocycles. The lowest BCUT2D eigenvalue weighted by Crippen LogP contribution is -2.49. The van der Waals surface area contributed by atoms with Gasteiger partial charge in [-0.05, 0) is 73.7 Å². The second kappa shape index (κ2) is 12.5. The number of aliphatic hydroxyl groups excluding tert-OH is 2. The number of fused-ring (bicyclic) bond motifs is 1. The molecule has 2 aromatic carbocycles. The van der Waals surface area contributed by atoms with E-state index in [1.165, 1.54) is 18.2 Å². The highest BCUT2D eigenvalue weighted by atomic mass is 19.1. The molecule has 2 heterocycles. The third kappa shape index (κ3) is 6.91. The van der Waals surface area contributed by atoms with Crippen molar-refractivity contribution in [3.8, 4) is 0 Å². The van der Waals surface area contributed by atoms with Crippen LogP contribution in [0.4, 0.5) is 13.2 Å². The number of nitrogens with zero attached hydrogens (tertiary/aromatic N) is 1. The number of halogens is 3. The molecule has 8 heteroatoms. The number of nitrogens with one attached hydrogen (secondary N) is 1. The van der Waals surface area contributed by atoms with Crippen molar-refractivity contribution in [1.82, 2.24) is 10.3 Å². The lowest BCUT2D eigenvalue weighted by molar-refractivity contribution is -0.0917. The van der Waals surface area contributed by atoms with Gasteiger partial charge in [-0.25, -0.2) is 13.2 Å². The van der Waals surface area contributed by atoms with Crippen LogP contribution in [0.5, 0.6) is 0 Å². The molecular weight excluding hydrogens is 469 g/mol. The van der Waals surface area contributed by atoms with Crippen molar-refractivity contribution in [3.05, 3.63) is 83.3 Å². The Balaban J connectivity index is 1.36. The van der Waals surface area contributed by atoms with Gasteiger partial charge in [0, 0.05) is 36.2 Å². The van der Waals surface area contributed by atoms with Crippen molar-refractivity contribution < 1.29 is 28.1 Å². The second-order valence-corrected chi connectivity index (χ2v) is 9.20. The molecule has 1 fully saturated rings. The van der Waals surface area contributed by atoms with Gasteiger partial charge in [-0.1, -0.05) is 12.2 Å². The number of pyridine rings is 1. The zero-order chi connectivity index (χ0) is 25.5. The Morgan fingerprint density at radius 1 is 1.08 bits per heavy atom. The smallest absolute Gasteiger partial charge is 0.130 e. The fourth-order valence-corrected chi connectivity index (χ4v) is 4.73. The summed E-state index contributed by atoms with van der Waals surface area (Å²) in [6.07, 6.45) is 6.98. The molecule has 192 valence electrons. The molecule has 4 rings (SSSR count). The predicted octanol–water partition coefficient (Wildman–Crippen LogP) is 4.55. The highest BCUT2D eigenvalue weighted by Crippen LogP contribution is 2.27. The molecule has 1 aliphatic heterocycles. The van der Waals surface area contributed by atoms with Crippen LogP contribution in [0.3, 0.4) is 0 Å². The van der Waals surface area contributed by atoms with Gasteiger partial charge < -0.3 is 20.3 Å². The fourth-order valence-electron chi connectivity index (χ4n) is 4.73. The number of ether oxygens (including phenoxy) is 1. The Kier molecular flexibility index (Phi) is 9.09. The summed E-state index contributed by atoms with van der Waals surface area (Å²) < 4.78 is 47.3. The zero-order valence-electron chi connectivity index (χ0n) is 19.9. The monoisotopic (exact) mass is 500 g/mol. The Morgan fingerprint density at radius 2 is 1.89 bits per heavy atom. The Labute approximate surface area is 208 Å². The molecule has 0 unspecified atom stereocenters. The summed E-state index contributed by atoms with van der Waals surface area (Å²) in [5, 5.41) is 23.5. The third-order valence-electron chi connectivity index (χ3n) is 6.61. The van der Waals surface area contributed by atoms with Gasteiger partial charge in [-0.3, -0.25) is 4.98 Å². The van der Waals surface area contributed by atoms with Crippen LogP contribution in [0.15, 0.2) is 54.7 Å². The lowest BCUT2D eigenvalue weighted by Gasteiger charge is -2.38. The summed E-state index contributed by atoms with van der Waals surface area (Å²) in [5.41, 5.74) is 1.93. The van der Waals surface area contributed by atoms with Crippen LogP contribution in [-0.2, 0) is 11.2 Å². The molecule has 36 heavy (non-hydrogen) atoms. The minimum absolute atomic E-state index is 0.0485. The molecular formula is C28H31F3N2O3. The number of aliphatic hydroxyl groups is 2. The molecule has 3 aromatic rings. The quantitative estimate of drug-likeness (QED) is 0.381. The molecule has 0 spiro atoms. The number of aromatic nitrogens is 1. The van der Waals surface area contributed by atoms with Crippen LogP contribution in [-0.4, -0.2) is 52.7 Å². The molecule has 0 amide bonds. The predicted molar refractivity (Wildman–Crippen MR) is 133 cm³/mol. The average Bonchev–Trinajstić information content (AvgIpc) is 2.88. The van der Waals surface area contributed by atoms with E-state index in [9.17, 15) is 23.4 Å². The molecule has 3 N–H and O–H groups in total. The normalized spacial score (nSPS) is 21.3. The molecule has 0 aliphatic carbocycles. The molecule has 1 aromatic heterocycles. The van der Waals surface area contributed by atoms with E-state index in [0.717, 1.165) is 53.9 Å². The standard InChI is InChI=1S/C28H31F3N2O3/c29-20-4-8-25(31)19(14-20)2-1-12-32-27-10-7-23(36-28(27)16-22(35)17-34)6-3-18-11-13-33-26-9-5-21(30)15-24(18)26/h1-2,4-5,8-9,11,13-15,22-23,27-28,32,34-35H,3,6-7,10,12,16-17H2/b2-1+/t22-,23+,27+,28+/m0/s1. The van der Waals surface area contributed by atoms with Crippen molar-refractivity contribution in [3.63, 3.8) is 0 Å². The highest BCUT2D eigenvalue weighted by Gasteiger charge is 2.32. The Hall–Kier alpha value is -2.78. The van der Waals surface area contributed by atoms with E-state index in [0.29, 0.717) is 13.0 Å². The number of hydrogen-bond acceptors (Lipinski definition) is 5. The number of hydrogen-bond donors (Lipinski definition) is 3. The zero-order valence-corrected chi connectivity index (χ0v) is 19.9. The Bertz CT molecular complexity index is 1190. The van der Waals surface area contributed by atoms with Gasteiger partial charge in [-0.2, -0.15) is 0 Å². The maximum Gasteiger partial charge on any atom is 0.130 e. The van der Waals surface area contributed by atoms with Crippen LogP contribution < -0.4 is 5.32 Å². The van der Waals surface area contributed by atoms with Crippen LogP contribution in [0.2, 0.25) is 0 Å². The van der Waals surface area contributed by atoms with Gasteiger partial charge >= 0.3 is 0 Å². The first-order valence-electron chi connectivity index (χ1n) is 12.3. The lowest BCUT2D eigenvalue weighted by atomic mass is 9.92. The van der Waals surface area contributed by atoms with Gasteiger partial charge in [0.15, 0.2) is 0 Å². The summed E-state index contributed by atoms with van der Waals surface area (Å²) in [6.45, 7) is 0.0551. The van der Waals surface area contributed by atoms with E-state index in [1.54, 1.807) is 18.3 Å². The van der Waals surface area contributed by atoms with Gasteiger partial charge in [0.1, 0.15) is 17.5 Å². The van der Waals surface area contributed by atoms with Crippen LogP contribution in [0.25, 0.3) is 17.0 Å². The average molecular weight is 501 g/mol. The first-order valence-corrected chi connectivity index (χ1v) is 12.3. The summed E-state index contributed by atoms with van der Waals surface area (Å²) in [7, 11) is 0. The van der Waals surface area contributed by atoms with Crippen molar-refractivity contribution in [2.45, 2.75) is 56.5 Å². The van der Waals surface area contributed by atoms with Crippen molar-refractivity contribution in [2.75, 3.05) is 13.2 Å². The van der Waals surface area contributed by atoms with Gasteiger partial charge in [0.25, 0.3) is 0 Å². The van der Waals surface area contributed by atoms with Crippen LogP contribution in [0, 0.1) is 17.5 Å². The summed E-state index contributed by atoms with van der Waals surface area (Å²) >= 11 is 0. The molecule has 5 nitrogen and oxygen atoms in total. The van der Waals surface area contributed by atoms with Crippen molar-refractivity contribution >= 4 is 17.0 Å². The fraction of sp³-hybridized carbons (Fsp3) is 0.393. The number of benzene rings is 2.